The Morgan fingerprint density at radius 1 is 1.12 bits per heavy atom. The highest BCUT2D eigenvalue weighted by atomic mass is 35.5. The van der Waals surface area contributed by atoms with Gasteiger partial charge in [-0.2, -0.15) is 0 Å². The molecule has 2 N–H and O–H groups in total. The summed E-state index contributed by atoms with van der Waals surface area (Å²) in [5, 5.41) is 2.17. The number of hydrogen-bond donors (Lipinski definition) is 1. The van der Waals surface area contributed by atoms with Crippen LogP contribution in [-0.2, 0) is 6.61 Å². The SMILES string of the molecule is Cc1ccc2cccc(OCc3c(Cl)ccc(C=CCN)c3Cl)c2n1. The fraction of sp³-hybridized carbons (Fsp3) is 0.150. The number of rotatable bonds is 5. The largest absolute Gasteiger partial charge is 0.487 e. The van der Waals surface area contributed by atoms with Gasteiger partial charge in [0, 0.05) is 28.2 Å². The number of hydrogen-bond acceptors (Lipinski definition) is 3. The lowest BCUT2D eigenvalue weighted by molar-refractivity contribution is 0.309. The van der Waals surface area contributed by atoms with Crippen LogP contribution in [0.5, 0.6) is 5.75 Å². The molecule has 1 aromatic heterocycles. The highest BCUT2D eigenvalue weighted by Crippen LogP contribution is 2.31. The molecule has 0 aliphatic carbocycles. The van der Waals surface area contributed by atoms with Crippen molar-refractivity contribution in [3.8, 4) is 5.75 Å². The number of halogens is 2. The summed E-state index contributed by atoms with van der Waals surface area (Å²) in [4.78, 5) is 4.57. The Kier molecular flexibility index (Phi) is 5.59. The summed E-state index contributed by atoms with van der Waals surface area (Å²) in [6, 6.07) is 13.5. The normalized spacial score (nSPS) is 11.4. The van der Waals surface area contributed by atoms with Crippen molar-refractivity contribution < 1.29 is 4.74 Å². The predicted octanol–water partition coefficient (Wildman–Crippen LogP) is 5.40. The molecule has 2 aromatic carbocycles. The predicted molar refractivity (Wildman–Crippen MR) is 105 cm³/mol. The van der Waals surface area contributed by atoms with E-state index in [1.54, 1.807) is 0 Å². The number of pyridine rings is 1. The topological polar surface area (TPSA) is 48.1 Å². The van der Waals surface area contributed by atoms with Crippen molar-refractivity contribution in [2.45, 2.75) is 13.5 Å². The first kappa shape index (κ1) is 17.7. The number of para-hydroxylation sites is 1. The summed E-state index contributed by atoms with van der Waals surface area (Å²) in [7, 11) is 0. The lowest BCUT2D eigenvalue weighted by atomic mass is 10.1. The van der Waals surface area contributed by atoms with Gasteiger partial charge < -0.3 is 10.5 Å². The zero-order valence-electron chi connectivity index (χ0n) is 13.8. The molecule has 0 atom stereocenters. The lowest BCUT2D eigenvalue weighted by Gasteiger charge is -2.13. The highest BCUT2D eigenvalue weighted by Gasteiger charge is 2.12. The van der Waals surface area contributed by atoms with Gasteiger partial charge in [-0.05, 0) is 30.7 Å². The zero-order valence-corrected chi connectivity index (χ0v) is 15.3. The molecule has 0 unspecified atom stereocenters. The fourth-order valence-corrected chi connectivity index (χ4v) is 3.10. The third-order valence-corrected chi connectivity index (χ3v) is 4.64. The molecule has 0 bridgehead atoms. The molecule has 25 heavy (non-hydrogen) atoms. The van der Waals surface area contributed by atoms with Crippen molar-refractivity contribution in [2.24, 2.45) is 5.73 Å². The van der Waals surface area contributed by atoms with Gasteiger partial charge in [-0.1, -0.05) is 59.6 Å². The molecule has 0 saturated carbocycles. The number of aromatic nitrogens is 1. The molecular weight excluding hydrogens is 355 g/mol. The average molecular weight is 373 g/mol. The van der Waals surface area contributed by atoms with Crippen LogP contribution in [-0.4, -0.2) is 11.5 Å². The van der Waals surface area contributed by atoms with E-state index in [0.717, 1.165) is 27.7 Å². The van der Waals surface area contributed by atoms with Crippen molar-refractivity contribution >= 4 is 40.2 Å². The standard InChI is InChI=1S/C20H18Cl2N2O/c1-13-7-8-15-4-2-6-18(20(15)24-13)25-12-16-17(21)10-9-14(19(16)22)5-3-11-23/h2-10H,11-12,23H2,1H3. The maximum absolute atomic E-state index is 6.49. The van der Waals surface area contributed by atoms with Gasteiger partial charge in [0.15, 0.2) is 0 Å². The van der Waals surface area contributed by atoms with Crippen LogP contribution < -0.4 is 10.5 Å². The van der Waals surface area contributed by atoms with Crippen molar-refractivity contribution in [3.05, 3.63) is 75.4 Å². The number of nitrogens with zero attached hydrogens (tertiary/aromatic N) is 1. The Balaban J connectivity index is 1.92. The van der Waals surface area contributed by atoms with Gasteiger partial charge in [-0.3, -0.25) is 0 Å². The summed E-state index contributed by atoms with van der Waals surface area (Å²) in [5.41, 5.74) is 8.88. The van der Waals surface area contributed by atoms with Gasteiger partial charge in [0.1, 0.15) is 17.9 Å². The summed E-state index contributed by atoms with van der Waals surface area (Å²) < 4.78 is 6.00. The van der Waals surface area contributed by atoms with E-state index in [0.29, 0.717) is 22.3 Å². The van der Waals surface area contributed by atoms with E-state index in [-0.39, 0.29) is 6.61 Å². The zero-order chi connectivity index (χ0) is 17.8. The fourth-order valence-electron chi connectivity index (χ4n) is 2.56. The van der Waals surface area contributed by atoms with Crippen molar-refractivity contribution in [3.63, 3.8) is 0 Å². The van der Waals surface area contributed by atoms with Gasteiger partial charge in [-0.15, -0.1) is 0 Å². The molecule has 0 radical (unpaired) electrons. The first-order chi connectivity index (χ1) is 12.1. The quantitative estimate of drug-likeness (QED) is 0.651. The Morgan fingerprint density at radius 3 is 2.76 bits per heavy atom. The van der Waals surface area contributed by atoms with Crippen molar-refractivity contribution in [2.75, 3.05) is 6.54 Å². The Hall–Kier alpha value is -2.07. The molecule has 128 valence electrons. The molecule has 3 nitrogen and oxygen atoms in total. The molecular formula is C20H18Cl2N2O. The maximum atomic E-state index is 6.49. The van der Waals surface area contributed by atoms with Crippen molar-refractivity contribution in [1.82, 2.24) is 4.98 Å². The average Bonchev–Trinajstić information content (AvgIpc) is 2.61. The number of ether oxygens (including phenoxy) is 1. The van der Waals surface area contributed by atoms with Gasteiger partial charge in [0.05, 0.1) is 5.02 Å². The molecule has 0 fully saturated rings. The minimum atomic E-state index is 0.261. The van der Waals surface area contributed by atoms with Crippen LogP contribution in [0.25, 0.3) is 17.0 Å². The summed E-state index contributed by atoms with van der Waals surface area (Å²) in [6.45, 7) is 2.67. The van der Waals surface area contributed by atoms with E-state index in [4.69, 9.17) is 33.7 Å². The third kappa shape index (κ3) is 3.96. The van der Waals surface area contributed by atoms with E-state index in [9.17, 15) is 0 Å². The van der Waals surface area contributed by atoms with Crippen LogP contribution in [0.1, 0.15) is 16.8 Å². The molecule has 0 saturated heterocycles. The van der Waals surface area contributed by atoms with Gasteiger partial charge in [0.25, 0.3) is 0 Å². The first-order valence-electron chi connectivity index (χ1n) is 7.93. The number of aryl methyl sites for hydroxylation is 1. The lowest BCUT2D eigenvalue weighted by Crippen LogP contribution is -2.00. The molecule has 1 heterocycles. The summed E-state index contributed by atoms with van der Waals surface area (Å²) in [6.07, 6.45) is 3.72. The second-order valence-corrected chi connectivity index (χ2v) is 6.42. The smallest absolute Gasteiger partial charge is 0.146 e. The first-order valence-corrected chi connectivity index (χ1v) is 8.68. The van der Waals surface area contributed by atoms with Gasteiger partial charge >= 0.3 is 0 Å². The van der Waals surface area contributed by atoms with Gasteiger partial charge in [0.2, 0.25) is 0 Å². The highest BCUT2D eigenvalue weighted by molar-refractivity contribution is 6.36. The van der Waals surface area contributed by atoms with E-state index < -0.39 is 0 Å². The van der Waals surface area contributed by atoms with E-state index in [1.165, 1.54) is 0 Å². The molecule has 0 aliphatic heterocycles. The van der Waals surface area contributed by atoms with E-state index in [2.05, 4.69) is 4.98 Å². The second-order valence-electron chi connectivity index (χ2n) is 5.64. The Labute approximate surface area is 157 Å². The Bertz CT molecular complexity index is 938. The van der Waals surface area contributed by atoms with Gasteiger partial charge in [-0.25, -0.2) is 4.98 Å². The summed E-state index contributed by atoms with van der Waals surface area (Å²) in [5.74, 6) is 0.705. The minimum absolute atomic E-state index is 0.261. The minimum Gasteiger partial charge on any atom is -0.487 e. The monoisotopic (exact) mass is 372 g/mol. The molecule has 3 rings (SSSR count). The molecule has 0 aliphatic rings. The number of benzene rings is 2. The van der Waals surface area contributed by atoms with Crippen LogP contribution >= 0.6 is 23.2 Å². The van der Waals surface area contributed by atoms with Crippen LogP contribution in [0.15, 0.2) is 48.5 Å². The van der Waals surface area contributed by atoms with Crippen LogP contribution in [0.2, 0.25) is 10.0 Å². The van der Waals surface area contributed by atoms with E-state index in [1.807, 2.05) is 61.5 Å². The van der Waals surface area contributed by atoms with Crippen LogP contribution in [0.4, 0.5) is 0 Å². The number of nitrogens with two attached hydrogens (primary N) is 1. The third-order valence-electron chi connectivity index (χ3n) is 3.84. The van der Waals surface area contributed by atoms with Crippen molar-refractivity contribution in [1.29, 1.82) is 0 Å². The molecule has 5 heteroatoms. The molecule has 0 spiro atoms. The molecule has 3 aromatic rings. The van der Waals surface area contributed by atoms with Crippen LogP contribution in [0.3, 0.4) is 0 Å². The molecule has 0 amide bonds. The number of fused-ring (bicyclic) bond motifs is 1. The second kappa shape index (κ2) is 7.87. The Morgan fingerprint density at radius 2 is 1.96 bits per heavy atom. The van der Waals surface area contributed by atoms with E-state index >= 15 is 0 Å². The van der Waals surface area contributed by atoms with Crippen LogP contribution in [0, 0.1) is 6.92 Å². The maximum Gasteiger partial charge on any atom is 0.146 e. The summed E-state index contributed by atoms with van der Waals surface area (Å²) >= 11 is 12.8.